The molecule has 0 atom stereocenters. The lowest BCUT2D eigenvalue weighted by atomic mass is 10.3. The smallest absolute Gasteiger partial charge is 0.303 e. The van der Waals surface area contributed by atoms with E-state index in [2.05, 4.69) is 0 Å². The molecule has 1 N–H and O–H groups in total. The lowest BCUT2D eigenvalue weighted by molar-refractivity contribution is -0.420. The van der Waals surface area contributed by atoms with Gasteiger partial charge in [0.05, 0.1) is 4.92 Å². The summed E-state index contributed by atoms with van der Waals surface area (Å²) in [5.74, 6) is -0.906. The maximum Gasteiger partial charge on any atom is 0.303 e. The molecule has 0 aromatic heterocycles. The van der Waals surface area contributed by atoms with Crippen LogP contribution in [0, 0.1) is 10.1 Å². The van der Waals surface area contributed by atoms with Crippen molar-refractivity contribution < 1.29 is 19.6 Å². The second-order valence-electron chi connectivity index (χ2n) is 1.66. The molecule has 0 heterocycles. The molecule has 0 radical (unpaired) electrons. The number of aliphatic hydroxyl groups is 1. The third kappa shape index (κ3) is 3.25. The van der Waals surface area contributed by atoms with Crippen LogP contribution in [0.3, 0.4) is 0 Å². The Bertz CT molecular complexity index is 265. The van der Waals surface area contributed by atoms with E-state index in [0.29, 0.717) is 6.08 Å². The molecule has 0 aliphatic rings. The SMILES string of the molecule is O=CC(=O)/C=C/C(=C/O)[N+](=O)[O-]. The molecule has 0 aromatic rings. The average molecular weight is 171 g/mol. The van der Waals surface area contributed by atoms with Gasteiger partial charge in [-0.25, -0.2) is 0 Å². The van der Waals surface area contributed by atoms with Crippen LogP contribution in [0.5, 0.6) is 0 Å². The molecule has 6 nitrogen and oxygen atoms in total. The Morgan fingerprint density at radius 1 is 1.42 bits per heavy atom. The number of hydrogen-bond acceptors (Lipinski definition) is 5. The molecular weight excluding hydrogens is 166 g/mol. The Morgan fingerprint density at radius 2 is 2.00 bits per heavy atom. The molecule has 0 rings (SSSR count). The minimum atomic E-state index is -0.906. The van der Waals surface area contributed by atoms with Gasteiger partial charge in [-0.15, -0.1) is 0 Å². The van der Waals surface area contributed by atoms with Crippen LogP contribution in [0.15, 0.2) is 24.1 Å². The zero-order valence-electron chi connectivity index (χ0n) is 5.84. The van der Waals surface area contributed by atoms with Gasteiger partial charge in [0.2, 0.25) is 5.78 Å². The molecule has 0 aliphatic heterocycles. The molecule has 0 aliphatic carbocycles. The highest BCUT2D eigenvalue weighted by Gasteiger charge is 2.05. The van der Waals surface area contributed by atoms with E-state index < -0.39 is 16.4 Å². The van der Waals surface area contributed by atoms with Gasteiger partial charge in [-0.2, -0.15) is 0 Å². The molecule has 0 saturated heterocycles. The minimum Gasteiger partial charge on any atom is -0.509 e. The Labute approximate surface area is 67.0 Å². The highest BCUT2D eigenvalue weighted by atomic mass is 16.6. The van der Waals surface area contributed by atoms with Gasteiger partial charge in [-0.3, -0.25) is 19.7 Å². The van der Waals surface area contributed by atoms with Crippen molar-refractivity contribution in [3.63, 3.8) is 0 Å². The number of nitro groups is 1. The topological polar surface area (TPSA) is 97.5 Å². The predicted octanol–water partition coefficient (Wildman–Crippen LogP) is -0.0133. The maximum absolute atomic E-state index is 10.3. The number of carbonyl (C=O) groups is 2. The van der Waals surface area contributed by atoms with Crippen LogP contribution in [0.1, 0.15) is 0 Å². The lowest BCUT2D eigenvalue weighted by Crippen LogP contribution is -1.98. The van der Waals surface area contributed by atoms with E-state index in [9.17, 15) is 19.7 Å². The van der Waals surface area contributed by atoms with Crippen LogP contribution < -0.4 is 0 Å². The van der Waals surface area contributed by atoms with E-state index in [-0.39, 0.29) is 12.5 Å². The lowest BCUT2D eigenvalue weighted by Gasteiger charge is -1.85. The van der Waals surface area contributed by atoms with Gasteiger partial charge in [0.1, 0.15) is 0 Å². The van der Waals surface area contributed by atoms with Gasteiger partial charge >= 0.3 is 5.70 Å². The van der Waals surface area contributed by atoms with E-state index in [1.807, 2.05) is 0 Å². The van der Waals surface area contributed by atoms with Crippen molar-refractivity contribution in [1.29, 1.82) is 0 Å². The van der Waals surface area contributed by atoms with Crippen molar-refractivity contribution in [2.24, 2.45) is 0 Å². The maximum atomic E-state index is 10.3. The molecule has 0 unspecified atom stereocenters. The summed E-state index contributed by atoms with van der Waals surface area (Å²) >= 11 is 0. The standard InChI is InChI=1S/C6H5NO5/c8-3-5(7(11)12)1-2-6(10)4-9/h1-4,8H/b2-1+,5-3-. The van der Waals surface area contributed by atoms with E-state index >= 15 is 0 Å². The number of hydrogen-bond donors (Lipinski definition) is 1. The van der Waals surface area contributed by atoms with Crippen molar-refractivity contribution in [2.45, 2.75) is 0 Å². The first-order valence-corrected chi connectivity index (χ1v) is 2.77. The molecule has 0 spiro atoms. The van der Waals surface area contributed by atoms with Crippen LogP contribution in [0.25, 0.3) is 0 Å². The first kappa shape index (κ1) is 10.0. The number of ketones is 1. The Balaban J connectivity index is 4.42. The first-order valence-electron chi connectivity index (χ1n) is 2.77. The molecular formula is C6H5NO5. The fourth-order valence-electron chi connectivity index (χ4n) is 0.358. The normalized spacial score (nSPS) is 11.5. The van der Waals surface area contributed by atoms with Gasteiger partial charge in [0, 0.05) is 6.08 Å². The second kappa shape index (κ2) is 4.78. The van der Waals surface area contributed by atoms with E-state index in [4.69, 9.17) is 5.11 Å². The molecule has 0 fully saturated rings. The summed E-state index contributed by atoms with van der Waals surface area (Å²) in [4.78, 5) is 29.1. The first-order chi connectivity index (χ1) is 5.61. The van der Waals surface area contributed by atoms with Crippen molar-refractivity contribution in [3.05, 3.63) is 34.2 Å². The molecule has 0 saturated carbocycles. The van der Waals surface area contributed by atoms with Crippen molar-refractivity contribution in [2.75, 3.05) is 0 Å². The van der Waals surface area contributed by atoms with E-state index in [1.165, 1.54) is 0 Å². The molecule has 12 heavy (non-hydrogen) atoms. The summed E-state index contributed by atoms with van der Waals surface area (Å²) in [6.45, 7) is 0. The van der Waals surface area contributed by atoms with Gasteiger partial charge < -0.3 is 5.11 Å². The van der Waals surface area contributed by atoms with Crippen LogP contribution in [0.4, 0.5) is 0 Å². The van der Waals surface area contributed by atoms with Crippen molar-refractivity contribution >= 4 is 12.1 Å². The zero-order chi connectivity index (χ0) is 9.56. The number of nitrogens with zero attached hydrogens (tertiary/aromatic N) is 1. The average Bonchev–Trinajstić information content (AvgIpc) is 2.04. The quantitative estimate of drug-likeness (QED) is 0.122. The predicted molar refractivity (Wildman–Crippen MR) is 37.9 cm³/mol. The summed E-state index contributed by atoms with van der Waals surface area (Å²) in [7, 11) is 0. The van der Waals surface area contributed by atoms with Gasteiger partial charge in [0.15, 0.2) is 12.5 Å². The van der Waals surface area contributed by atoms with Gasteiger partial charge in [-0.05, 0) is 6.08 Å². The number of allylic oxidation sites excluding steroid dienone is 2. The Morgan fingerprint density at radius 3 is 2.33 bits per heavy atom. The largest absolute Gasteiger partial charge is 0.509 e. The molecule has 0 amide bonds. The summed E-state index contributed by atoms with van der Waals surface area (Å²) in [6, 6.07) is 0. The monoisotopic (exact) mass is 171 g/mol. The summed E-state index contributed by atoms with van der Waals surface area (Å²) in [6.07, 6.45) is 1.66. The van der Waals surface area contributed by atoms with Crippen LogP contribution >= 0.6 is 0 Å². The van der Waals surface area contributed by atoms with E-state index in [0.717, 1.165) is 6.08 Å². The number of aldehydes is 1. The van der Waals surface area contributed by atoms with Gasteiger partial charge in [0.25, 0.3) is 0 Å². The summed E-state index contributed by atoms with van der Waals surface area (Å²) < 4.78 is 0. The Kier molecular flexibility index (Phi) is 3.99. The highest BCUT2D eigenvalue weighted by Crippen LogP contribution is 1.95. The van der Waals surface area contributed by atoms with Gasteiger partial charge in [-0.1, -0.05) is 0 Å². The summed E-state index contributed by atoms with van der Waals surface area (Å²) in [5, 5.41) is 18.2. The molecule has 6 heteroatoms. The molecule has 0 aromatic carbocycles. The fourth-order valence-corrected chi connectivity index (χ4v) is 0.358. The van der Waals surface area contributed by atoms with Crippen LogP contribution in [0.2, 0.25) is 0 Å². The fraction of sp³-hybridized carbons (Fsp3) is 0. The number of rotatable bonds is 4. The third-order valence-corrected chi connectivity index (χ3v) is 0.878. The summed E-state index contributed by atoms with van der Waals surface area (Å²) in [5.41, 5.74) is -0.662. The molecule has 0 bridgehead atoms. The third-order valence-electron chi connectivity index (χ3n) is 0.878. The molecule has 64 valence electrons. The van der Waals surface area contributed by atoms with Crippen molar-refractivity contribution in [1.82, 2.24) is 0 Å². The Hall–Kier alpha value is -1.98. The van der Waals surface area contributed by atoms with Crippen molar-refractivity contribution in [3.8, 4) is 0 Å². The van der Waals surface area contributed by atoms with Crippen LogP contribution in [-0.2, 0) is 9.59 Å². The van der Waals surface area contributed by atoms with E-state index in [1.54, 1.807) is 0 Å². The van der Waals surface area contributed by atoms with Crippen LogP contribution in [-0.4, -0.2) is 22.1 Å². The minimum absolute atomic E-state index is 0.00540. The highest BCUT2D eigenvalue weighted by molar-refractivity contribution is 6.30. The number of carbonyl (C=O) groups excluding carboxylic acids is 2. The zero-order valence-corrected chi connectivity index (χ0v) is 5.84. The second-order valence-corrected chi connectivity index (χ2v) is 1.66. The number of aliphatic hydroxyl groups excluding tert-OH is 1.